The van der Waals surface area contributed by atoms with E-state index in [-0.39, 0.29) is 11.8 Å². The van der Waals surface area contributed by atoms with Gasteiger partial charge in [-0.05, 0) is 12.5 Å². The summed E-state index contributed by atoms with van der Waals surface area (Å²) in [6.07, 6.45) is -0.256. The highest BCUT2D eigenvalue weighted by molar-refractivity contribution is 7.99. The fourth-order valence-corrected chi connectivity index (χ4v) is 3.00. The molecule has 0 aliphatic heterocycles. The zero-order valence-corrected chi connectivity index (χ0v) is 20.6. The van der Waals surface area contributed by atoms with E-state index in [9.17, 15) is 31.2 Å². The average Bonchev–Trinajstić information content (AvgIpc) is 2.74. The van der Waals surface area contributed by atoms with Gasteiger partial charge in [0.15, 0.2) is 11.1 Å². The highest BCUT2D eigenvalue weighted by Crippen LogP contribution is 2.16. The number of nitrogens with one attached hydrogen (secondary N) is 3. The summed E-state index contributed by atoms with van der Waals surface area (Å²) in [7, 11) is -1.96. The predicted octanol–water partition coefficient (Wildman–Crippen LogP) is 0.0841. The lowest BCUT2D eigenvalue weighted by atomic mass is 10.5. The number of hydrogen-bond acceptors (Lipinski definition) is 8. The molecule has 0 spiro atoms. The molecule has 14 nitrogen and oxygen atoms in total. The maximum absolute atomic E-state index is 12.1. The van der Waals surface area contributed by atoms with Crippen LogP contribution in [0.25, 0.3) is 0 Å². The molecule has 0 atom stereocenters. The third-order valence-corrected chi connectivity index (χ3v) is 4.49. The van der Waals surface area contributed by atoms with Gasteiger partial charge in [-0.15, -0.1) is 4.40 Å². The van der Waals surface area contributed by atoms with Crippen molar-refractivity contribution in [1.82, 2.24) is 20.6 Å². The molecule has 7 N–H and O–H groups in total. The summed E-state index contributed by atoms with van der Waals surface area (Å²) < 4.78 is 62.0. The van der Waals surface area contributed by atoms with Gasteiger partial charge in [-0.2, -0.15) is 13.2 Å². The van der Waals surface area contributed by atoms with Crippen LogP contribution in [-0.4, -0.2) is 90.8 Å². The minimum absolute atomic E-state index is 0.142. The number of guanidine groups is 2. The van der Waals surface area contributed by atoms with Crippen LogP contribution in [0.4, 0.5) is 19.0 Å². The Bertz CT molecular complexity index is 1050. The average molecular weight is 559 g/mol. The van der Waals surface area contributed by atoms with Gasteiger partial charge < -0.3 is 31.9 Å². The Hall–Kier alpha value is -3.61. The first-order chi connectivity index (χ1) is 16.6. The van der Waals surface area contributed by atoms with Crippen molar-refractivity contribution in [2.75, 3.05) is 37.5 Å². The van der Waals surface area contributed by atoms with Crippen molar-refractivity contribution in [2.24, 2.45) is 15.1 Å². The van der Waals surface area contributed by atoms with Gasteiger partial charge >= 0.3 is 18.1 Å². The summed E-state index contributed by atoms with van der Waals surface area (Å²) in [5, 5.41) is 24.0. The van der Waals surface area contributed by atoms with Gasteiger partial charge in [0.05, 0.1) is 6.26 Å². The van der Waals surface area contributed by atoms with E-state index in [2.05, 4.69) is 35.3 Å². The molecule has 0 bridgehead atoms. The smallest absolute Gasteiger partial charge is 0.408 e. The van der Waals surface area contributed by atoms with Crippen molar-refractivity contribution in [3.8, 4) is 0 Å². The van der Waals surface area contributed by atoms with Crippen molar-refractivity contribution >= 4 is 51.5 Å². The number of aliphatic carboxylic acids is 2. The molecule has 0 aliphatic carbocycles. The van der Waals surface area contributed by atoms with E-state index in [1.165, 1.54) is 24.0 Å². The number of nitrogens with zero attached hydrogens (tertiary/aromatic N) is 4. The van der Waals surface area contributed by atoms with E-state index in [4.69, 9.17) is 15.9 Å². The standard InChI is InChI=1S/C13H21F3N8O2S2.C4H4O4/c1-18-11(24-28(2,25)26)19-5-3-7-27-12-20-6-4-9(23-12)22-10(17)21-8-13(14,15)16;5-3(6)1-2-4(7)8/h4,6H,3,5,7-8H2,1-2H3,(H2,18,19,24)(H3,17,20,21,22,23);1-2H,(H,5,6)(H,7,8). The number of aromatic nitrogens is 2. The van der Waals surface area contributed by atoms with Crippen LogP contribution in [0.3, 0.4) is 0 Å². The van der Waals surface area contributed by atoms with Crippen molar-refractivity contribution in [1.29, 1.82) is 0 Å². The topological polar surface area (TPSA) is 221 Å². The Kier molecular flexibility index (Phi) is 14.5. The summed E-state index contributed by atoms with van der Waals surface area (Å²) in [4.78, 5) is 30.4. The minimum Gasteiger partial charge on any atom is -0.478 e. The van der Waals surface area contributed by atoms with E-state index in [0.717, 1.165) is 6.26 Å². The molecule has 1 aromatic heterocycles. The highest BCUT2D eigenvalue weighted by atomic mass is 32.2. The van der Waals surface area contributed by atoms with Crippen LogP contribution < -0.4 is 21.7 Å². The van der Waals surface area contributed by atoms with Crippen LogP contribution in [0.2, 0.25) is 0 Å². The molecule has 0 fully saturated rings. The van der Waals surface area contributed by atoms with Gasteiger partial charge in [-0.3, -0.25) is 0 Å². The number of aliphatic imine (C=N–C) groups is 1. The van der Waals surface area contributed by atoms with Gasteiger partial charge in [0, 0.05) is 37.7 Å². The summed E-state index contributed by atoms with van der Waals surface area (Å²) in [6, 6.07) is 1.45. The second-order valence-electron chi connectivity index (χ2n) is 6.23. The second kappa shape index (κ2) is 16.1. The van der Waals surface area contributed by atoms with Gasteiger partial charge in [0.2, 0.25) is 5.96 Å². The van der Waals surface area contributed by atoms with Crippen LogP contribution in [-0.2, 0) is 19.6 Å². The molecule has 0 saturated carbocycles. The lowest BCUT2D eigenvalue weighted by molar-refractivity contribution is -0.134. The maximum atomic E-state index is 12.1. The molecule has 0 amide bonds. The summed E-state index contributed by atoms with van der Waals surface area (Å²) >= 11 is 1.31. The number of sulfonamides is 1. The molecule has 202 valence electrons. The lowest BCUT2D eigenvalue weighted by Crippen LogP contribution is -2.36. The predicted molar refractivity (Wildman–Crippen MR) is 127 cm³/mol. The molecular formula is C17H25F3N8O6S2. The van der Waals surface area contributed by atoms with E-state index in [1.807, 2.05) is 0 Å². The summed E-state index contributed by atoms with van der Waals surface area (Å²) in [5.74, 6) is -1.95. The molecule has 1 aromatic rings. The van der Waals surface area contributed by atoms with Gasteiger partial charge in [0.25, 0.3) is 10.0 Å². The molecular weight excluding hydrogens is 533 g/mol. The molecule has 0 radical (unpaired) electrons. The molecule has 0 saturated heterocycles. The van der Waals surface area contributed by atoms with Gasteiger partial charge in [-0.1, -0.05) is 11.8 Å². The zero-order valence-electron chi connectivity index (χ0n) is 19.0. The number of halogens is 3. The molecule has 1 rings (SSSR count). The monoisotopic (exact) mass is 558 g/mol. The third kappa shape index (κ3) is 19.8. The van der Waals surface area contributed by atoms with Gasteiger partial charge in [0.1, 0.15) is 12.4 Å². The number of thioether (sulfide) groups is 1. The first-order valence-electron chi connectivity index (χ1n) is 9.56. The number of carboxylic acid groups (broad SMARTS) is 2. The third-order valence-electron chi connectivity index (χ3n) is 3.03. The number of carboxylic acids is 2. The normalized spacial score (nSPS) is 12.5. The SMILES string of the molecule is CNC(=NS(C)(=O)=O)NCCCSc1nccc(NC(N)=NCC(F)(F)F)n1.O=C(O)C=CC(=O)O. The number of nitrogens with two attached hydrogens (primary N) is 1. The summed E-state index contributed by atoms with van der Waals surface area (Å²) in [5.41, 5.74) is 5.39. The second-order valence-corrected chi connectivity index (χ2v) is 8.94. The van der Waals surface area contributed by atoms with Crippen LogP contribution in [0.15, 0.2) is 39.0 Å². The minimum atomic E-state index is -4.44. The Balaban J connectivity index is 0.00000131. The van der Waals surface area contributed by atoms with Crippen molar-refractivity contribution in [3.05, 3.63) is 24.4 Å². The number of hydrogen-bond donors (Lipinski definition) is 6. The number of anilines is 1. The first kappa shape index (κ1) is 32.4. The van der Waals surface area contributed by atoms with E-state index in [1.54, 1.807) is 7.05 Å². The molecule has 36 heavy (non-hydrogen) atoms. The first-order valence-corrected chi connectivity index (χ1v) is 12.4. The van der Waals surface area contributed by atoms with Crippen LogP contribution in [0, 0.1) is 0 Å². The van der Waals surface area contributed by atoms with E-state index >= 15 is 0 Å². The van der Waals surface area contributed by atoms with Crippen molar-refractivity contribution in [2.45, 2.75) is 17.8 Å². The number of carbonyl (C=O) groups is 2. The number of alkyl halides is 3. The van der Waals surface area contributed by atoms with Crippen molar-refractivity contribution in [3.63, 3.8) is 0 Å². The molecule has 19 heteroatoms. The molecule has 1 heterocycles. The quantitative estimate of drug-likeness (QED) is 0.0560. The Labute approximate surface area is 208 Å². The van der Waals surface area contributed by atoms with Gasteiger partial charge in [-0.25, -0.2) is 33.0 Å². The fraction of sp³-hybridized carbons (Fsp3) is 0.412. The number of rotatable bonds is 10. The summed E-state index contributed by atoms with van der Waals surface area (Å²) in [6.45, 7) is -0.931. The lowest BCUT2D eigenvalue weighted by Gasteiger charge is -2.09. The molecule has 0 unspecified atom stereocenters. The molecule has 0 aliphatic rings. The Morgan fingerprint density at radius 2 is 1.86 bits per heavy atom. The van der Waals surface area contributed by atoms with Crippen LogP contribution in [0.1, 0.15) is 6.42 Å². The largest absolute Gasteiger partial charge is 0.478 e. The Morgan fingerprint density at radius 1 is 1.25 bits per heavy atom. The molecule has 0 aromatic carbocycles. The van der Waals surface area contributed by atoms with Crippen LogP contribution >= 0.6 is 11.8 Å². The Morgan fingerprint density at radius 3 is 2.36 bits per heavy atom. The fourth-order valence-electron chi connectivity index (χ4n) is 1.74. The maximum Gasteiger partial charge on any atom is 0.408 e. The zero-order chi connectivity index (χ0) is 27.8. The van der Waals surface area contributed by atoms with Crippen molar-refractivity contribution < 1.29 is 41.4 Å². The van der Waals surface area contributed by atoms with E-state index in [0.29, 0.717) is 36.0 Å². The van der Waals surface area contributed by atoms with E-state index < -0.39 is 40.6 Å². The van der Waals surface area contributed by atoms with Crippen LogP contribution in [0.5, 0.6) is 0 Å². The highest BCUT2D eigenvalue weighted by Gasteiger charge is 2.26.